The SMILES string of the molecule is CS(=O)(=O)C1(S(C)(=O)=O)C2CCC1(CS(=O)(=O)NC(Cc1csc3ccccc13)C(=O)NCCC#N)C(=O)C2. The zero-order chi connectivity index (χ0) is 28.9. The molecule has 1 amide bonds. The smallest absolute Gasteiger partial charge is 0.238 e. The zero-order valence-corrected chi connectivity index (χ0v) is 24.6. The normalized spacial score (nSPS) is 23.5. The van der Waals surface area contributed by atoms with E-state index in [9.17, 15) is 34.8 Å². The van der Waals surface area contributed by atoms with E-state index in [4.69, 9.17) is 5.26 Å². The van der Waals surface area contributed by atoms with Gasteiger partial charge in [-0.05, 0) is 41.7 Å². The first-order valence-electron chi connectivity index (χ1n) is 12.1. The number of sulfonamides is 1. The summed E-state index contributed by atoms with van der Waals surface area (Å²) in [6.07, 6.45) is 0.895. The number of benzene rings is 1. The standard InChI is InChI=1S/C24H29N3O8S4/c1-37(30,31)24(38(2,32)33)17-8-9-23(24,21(28)13-17)15-39(34,35)27-19(22(29)26-11-5-10-25)12-16-14-36-20-7-4-3-6-18(16)20/h3-4,6-7,14,17,19,27H,5,8-9,11-13,15H2,1-2H3,(H,26,29). The summed E-state index contributed by atoms with van der Waals surface area (Å²) in [7, 11) is -13.5. The van der Waals surface area contributed by atoms with Crippen molar-refractivity contribution >= 4 is 62.8 Å². The van der Waals surface area contributed by atoms with Crippen LogP contribution in [0.25, 0.3) is 10.1 Å². The van der Waals surface area contributed by atoms with Gasteiger partial charge in [0.1, 0.15) is 11.8 Å². The average Bonchev–Trinajstić information content (AvgIpc) is 3.44. The number of hydrogen-bond acceptors (Lipinski definition) is 10. The minimum absolute atomic E-state index is 0.00314. The van der Waals surface area contributed by atoms with Crippen molar-refractivity contribution < 1.29 is 34.8 Å². The van der Waals surface area contributed by atoms with Gasteiger partial charge in [-0.1, -0.05) is 18.2 Å². The van der Waals surface area contributed by atoms with E-state index in [0.29, 0.717) is 5.56 Å². The first-order chi connectivity index (χ1) is 18.1. The molecule has 39 heavy (non-hydrogen) atoms. The van der Waals surface area contributed by atoms with E-state index >= 15 is 0 Å². The highest BCUT2D eigenvalue weighted by atomic mass is 32.3. The minimum atomic E-state index is -4.59. The van der Waals surface area contributed by atoms with Gasteiger partial charge < -0.3 is 5.32 Å². The Hall–Kier alpha value is -2.38. The summed E-state index contributed by atoms with van der Waals surface area (Å²) in [5.74, 6) is -3.56. The van der Waals surface area contributed by atoms with Crippen molar-refractivity contribution in [3.05, 3.63) is 35.2 Å². The second-order valence-corrected chi connectivity index (χ2v) is 17.5. The monoisotopic (exact) mass is 615 g/mol. The molecule has 0 radical (unpaired) electrons. The highest BCUT2D eigenvalue weighted by Gasteiger charge is 2.79. The summed E-state index contributed by atoms with van der Waals surface area (Å²) < 4.78 is 80.2. The second kappa shape index (κ2) is 10.2. The number of sulfone groups is 2. The summed E-state index contributed by atoms with van der Waals surface area (Å²) in [6.45, 7) is -0.0205. The largest absolute Gasteiger partial charge is 0.354 e. The topological polar surface area (TPSA) is 184 Å². The number of hydrogen-bond donors (Lipinski definition) is 2. The number of thiophene rings is 1. The van der Waals surface area contributed by atoms with Gasteiger partial charge in [-0.15, -0.1) is 11.3 Å². The van der Waals surface area contributed by atoms with Crippen molar-refractivity contribution in [2.75, 3.05) is 24.8 Å². The molecule has 2 aliphatic carbocycles. The first-order valence-corrected chi connectivity index (χ1v) is 18.4. The Bertz CT molecular complexity index is 1660. The molecular weight excluding hydrogens is 587 g/mol. The van der Waals surface area contributed by atoms with E-state index in [0.717, 1.165) is 22.6 Å². The molecule has 0 aliphatic heterocycles. The molecule has 2 bridgehead atoms. The number of nitrogens with one attached hydrogen (secondary N) is 2. The van der Waals surface area contributed by atoms with E-state index in [-0.39, 0.29) is 38.6 Å². The van der Waals surface area contributed by atoms with Crippen LogP contribution in [0.5, 0.6) is 0 Å². The fourth-order valence-corrected chi connectivity index (χ4v) is 15.4. The number of fused-ring (bicyclic) bond motifs is 3. The van der Waals surface area contributed by atoms with Crippen molar-refractivity contribution in [3.8, 4) is 6.07 Å². The van der Waals surface area contributed by atoms with E-state index in [1.54, 1.807) is 5.38 Å². The van der Waals surface area contributed by atoms with Crippen molar-refractivity contribution in [1.29, 1.82) is 5.26 Å². The Morgan fingerprint density at radius 3 is 2.44 bits per heavy atom. The second-order valence-electron chi connectivity index (χ2n) is 10.2. The molecule has 2 aromatic rings. The van der Waals surface area contributed by atoms with Gasteiger partial charge in [0.25, 0.3) is 0 Å². The van der Waals surface area contributed by atoms with Crippen LogP contribution in [0.3, 0.4) is 0 Å². The predicted octanol–water partition coefficient (Wildman–Crippen LogP) is 0.916. The molecule has 212 valence electrons. The number of Topliss-reactive ketones (excluding diaryl/α,β-unsaturated/α-hetero) is 1. The number of ketones is 1. The number of carbonyl (C=O) groups is 2. The van der Waals surface area contributed by atoms with Crippen LogP contribution >= 0.6 is 11.3 Å². The lowest BCUT2D eigenvalue weighted by Gasteiger charge is -2.38. The first kappa shape index (κ1) is 29.6. The Morgan fingerprint density at radius 2 is 1.82 bits per heavy atom. The third-order valence-electron chi connectivity index (χ3n) is 7.79. The van der Waals surface area contributed by atoms with Crippen LogP contribution in [0, 0.1) is 22.7 Å². The fourth-order valence-electron chi connectivity index (χ4n) is 6.55. The van der Waals surface area contributed by atoms with Crippen LogP contribution in [0.4, 0.5) is 0 Å². The van der Waals surface area contributed by atoms with E-state index in [1.165, 1.54) is 11.3 Å². The maximum Gasteiger partial charge on any atom is 0.238 e. The van der Waals surface area contributed by atoms with E-state index < -0.39 is 68.6 Å². The number of carbonyl (C=O) groups excluding carboxylic acids is 2. The lowest BCUT2D eigenvalue weighted by molar-refractivity contribution is -0.126. The molecule has 0 saturated heterocycles. The average molecular weight is 616 g/mol. The van der Waals surface area contributed by atoms with Crippen LogP contribution in [-0.4, -0.2) is 71.9 Å². The summed E-state index contributed by atoms with van der Waals surface area (Å²) in [5.41, 5.74) is -1.50. The molecule has 15 heteroatoms. The lowest BCUT2D eigenvalue weighted by atomic mass is 9.85. The molecule has 3 unspecified atom stereocenters. The van der Waals surface area contributed by atoms with Gasteiger partial charge >= 0.3 is 0 Å². The molecule has 3 atom stereocenters. The highest BCUT2D eigenvalue weighted by molar-refractivity contribution is 8.10. The molecule has 2 N–H and O–H groups in total. The molecule has 11 nitrogen and oxygen atoms in total. The van der Waals surface area contributed by atoms with E-state index in [2.05, 4.69) is 10.0 Å². The van der Waals surface area contributed by atoms with Gasteiger partial charge in [0.15, 0.2) is 23.8 Å². The summed E-state index contributed by atoms with van der Waals surface area (Å²) >= 11 is 1.42. The molecule has 2 aliphatic rings. The third kappa shape index (κ3) is 4.90. The number of rotatable bonds is 11. The van der Waals surface area contributed by atoms with Crippen molar-refractivity contribution in [2.24, 2.45) is 11.3 Å². The van der Waals surface area contributed by atoms with Crippen molar-refractivity contribution in [2.45, 2.75) is 42.2 Å². The third-order valence-corrected chi connectivity index (χ3v) is 15.8. The predicted molar refractivity (Wildman–Crippen MR) is 147 cm³/mol. The van der Waals surface area contributed by atoms with Crippen molar-refractivity contribution in [1.82, 2.24) is 10.0 Å². The molecule has 1 aromatic carbocycles. The highest BCUT2D eigenvalue weighted by Crippen LogP contribution is 2.64. The van der Waals surface area contributed by atoms with Gasteiger partial charge in [0, 0.05) is 36.1 Å². The minimum Gasteiger partial charge on any atom is -0.354 e. The Labute approximate surface area is 231 Å². The van der Waals surface area contributed by atoms with Crippen LogP contribution in [0.1, 0.15) is 31.2 Å². The molecule has 2 saturated carbocycles. The zero-order valence-electron chi connectivity index (χ0n) is 21.3. The fraction of sp³-hybridized carbons (Fsp3) is 0.542. The van der Waals surface area contributed by atoms with E-state index in [1.807, 2.05) is 30.3 Å². The molecule has 0 spiro atoms. The molecular formula is C24H29N3O8S4. The summed E-state index contributed by atoms with van der Waals surface area (Å²) in [4.78, 5) is 26.3. The quantitative estimate of drug-likeness (QED) is 0.347. The number of nitrogens with zero attached hydrogens (tertiary/aromatic N) is 1. The molecule has 1 heterocycles. The summed E-state index contributed by atoms with van der Waals surface area (Å²) in [5, 5.41) is 14.0. The molecule has 4 rings (SSSR count). The maximum atomic E-state index is 13.6. The lowest BCUT2D eigenvalue weighted by Crippen LogP contribution is -2.61. The summed E-state index contributed by atoms with van der Waals surface area (Å²) in [6, 6.07) is 7.90. The van der Waals surface area contributed by atoms with Gasteiger partial charge in [0.05, 0.1) is 23.7 Å². The van der Waals surface area contributed by atoms with Crippen LogP contribution in [0.2, 0.25) is 0 Å². The van der Waals surface area contributed by atoms with Gasteiger partial charge in [0.2, 0.25) is 15.9 Å². The molecule has 2 fully saturated rings. The van der Waals surface area contributed by atoms with Crippen LogP contribution in [0.15, 0.2) is 29.6 Å². The van der Waals surface area contributed by atoms with Gasteiger partial charge in [-0.2, -0.15) is 5.26 Å². The Kier molecular flexibility index (Phi) is 7.76. The van der Waals surface area contributed by atoms with Gasteiger partial charge in [-0.25, -0.2) is 30.0 Å². The number of amides is 1. The van der Waals surface area contributed by atoms with Crippen LogP contribution < -0.4 is 10.0 Å². The maximum absolute atomic E-state index is 13.6. The Balaban J connectivity index is 1.72. The van der Waals surface area contributed by atoms with Crippen molar-refractivity contribution in [3.63, 3.8) is 0 Å². The van der Waals surface area contributed by atoms with Crippen LogP contribution in [-0.2, 0) is 45.7 Å². The molecule has 1 aromatic heterocycles. The number of nitriles is 1. The Morgan fingerprint density at radius 1 is 1.15 bits per heavy atom. The van der Waals surface area contributed by atoms with Gasteiger partial charge in [-0.3, -0.25) is 9.59 Å².